The quantitative estimate of drug-likeness (QED) is 0.290. The number of hydrogen-bond acceptors (Lipinski definition) is 8. The summed E-state index contributed by atoms with van der Waals surface area (Å²) >= 11 is 2.92. The number of anilines is 1. The van der Waals surface area contributed by atoms with E-state index in [2.05, 4.69) is 10.3 Å². The molecule has 2 aromatic carbocycles. The van der Waals surface area contributed by atoms with E-state index in [0.29, 0.717) is 60.3 Å². The Bertz CT molecular complexity index is 1410. The molecule has 2 heterocycles. The van der Waals surface area contributed by atoms with Crippen LogP contribution in [-0.4, -0.2) is 61.2 Å². The van der Waals surface area contributed by atoms with Crippen molar-refractivity contribution < 1.29 is 23.8 Å². The number of ether oxygens (including phenoxy) is 3. The molecule has 0 spiro atoms. The molecule has 6 rings (SSSR count). The second-order valence-corrected chi connectivity index (χ2v) is 13.6. The Kier molecular flexibility index (Phi) is 9.02. The van der Waals surface area contributed by atoms with E-state index in [0.717, 1.165) is 32.8 Å². The molecule has 2 atom stereocenters. The summed E-state index contributed by atoms with van der Waals surface area (Å²) in [5.41, 5.74) is 2.09. The molecule has 3 aliphatic rings. The van der Waals surface area contributed by atoms with Gasteiger partial charge in [-0.25, -0.2) is 4.98 Å². The minimum absolute atomic E-state index is 0.0630. The zero-order valence-corrected chi connectivity index (χ0v) is 25.7. The number of carbonyl (C=O) groups excluding carboxylic acids is 2. The lowest BCUT2D eigenvalue weighted by Gasteiger charge is -2.40. The molecule has 2 aliphatic carbocycles. The number of aromatic nitrogens is 1. The fourth-order valence-electron chi connectivity index (χ4n) is 6.11. The van der Waals surface area contributed by atoms with Gasteiger partial charge in [-0.1, -0.05) is 48.8 Å². The summed E-state index contributed by atoms with van der Waals surface area (Å²) in [5, 5.41) is 3.44. The number of thiazole rings is 1. The minimum Gasteiger partial charge on any atom is -0.496 e. The summed E-state index contributed by atoms with van der Waals surface area (Å²) < 4.78 is 18.1. The lowest BCUT2D eigenvalue weighted by Crippen LogP contribution is -2.40. The predicted molar refractivity (Wildman–Crippen MR) is 164 cm³/mol. The molecule has 3 aromatic rings. The number of methoxy groups -OCH3 is 1. The van der Waals surface area contributed by atoms with Gasteiger partial charge in [0.25, 0.3) is 11.8 Å². The predicted octanol–water partition coefficient (Wildman–Crippen LogP) is 6.68. The molecule has 1 saturated heterocycles. The van der Waals surface area contributed by atoms with Gasteiger partial charge in [-0.15, -0.1) is 0 Å². The number of benzene rings is 2. The number of aryl methyl sites for hydroxylation is 1. The van der Waals surface area contributed by atoms with Gasteiger partial charge in [0, 0.05) is 23.5 Å². The van der Waals surface area contributed by atoms with Crippen LogP contribution in [0.5, 0.6) is 11.5 Å². The fraction of sp³-hybridized carbons (Fsp3) is 0.469. The Morgan fingerprint density at radius 1 is 1.07 bits per heavy atom. The Morgan fingerprint density at radius 3 is 2.52 bits per heavy atom. The minimum atomic E-state index is -0.209. The normalized spacial score (nSPS) is 20.7. The van der Waals surface area contributed by atoms with Crippen molar-refractivity contribution >= 4 is 40.0 Å². The highest BCUT2D eigenvalue weighted by Crippen LogP contribution is 2.44. The van der Waals surface area contributed by atoms with Crippen LogP contribution in [0.2, 0.25) is 0 Å². The van der Waals surface area contributed by atoms with Crippen LogP contribution in [0.25, 0.3) is 0 Å². The molecule has 1 aliphatic heterocycles. The summed E-state index contributed by atoms with van der Waals surface area (Å²) in [7, 11) is 1.58. The van der Waals surface area contributed by atoms with Gasteiger partial charge >= 0.3 is 0 Å². The van der Waals surface area contributed by atoms with Crippen LogP contribution >= 0.6 is 23.1 Å². The van der Waals surface area contributed by atoms with Crippen LogP contribution in [0, 0.1) is 18.8 Å². The van der Waals surface area contributed by atoms with Crippen molar-refractivity contribution in [2.75, 3.05) is 38.7 Å². The number of nitrogens with zero attached hydrogens (tertiary/aromatic N) is 2. The second-order valence-electron chi connectivity index (χ2n) is 11.2. The molecular formula is C32H37N3O5S2. The van der Waals surface area contributed by atoms with Crippen molar-refractivity contribution in [3.63, 3.8) is 0 Å². The van der Waals surface area contributed by atoms with E-state index in [1.807, 2.05) is 43.3 Å². The number of hydrogen-bond donors (Lipinski definition) is 1. The number of carbonyl (C=O) groups is 2. The third kappa shape index (κ3) is 6.45. The van der Waals surface area contributed by atoms with Gasteiger partial charge in [-0.2, -0.15) is 0 Å². The van der Waals surface area contributed by atoms with Gasteiger partial charge in [-0.3, -0.25) is 14.9 Å². The molecule has 8 nitrogen and oxygen atoms in total. The van der Waals surface area contributed by atoms with Gasteiger partial charge in [0.05, 0.1) is 36.3 Å². The standard InChI is InChI=1S/C32H37N3O5S2/c1-20-17-27(38-2)25(31(37)35-13-15-39-16-14-35)18-28(20)41-29-19-33-32(42-29)34-30(36)22-7-9-23(10-8-22)40-26-12-11-24(26)21-5-3-4-6-21/h7-10,17-19,21,24,26H,3-6,11-16H2,1-2H3,(H,33,34,36). The van der Waals surface area contributed by atoms with E-state index in [9.17, 15) is 9.59 Å². The lowest BCUT2D eigenvalue weighted by molar-refractivity contribution is 0.0114. The van der Waals surface area contributed by atoms with Gasteiger partial charge < -0.3 is 19.1 Å². The maximum absolute atomic E-state index is 13.2. The largest absolute Gasteiger partial charge is 0.496 e. The number of nitrogens with one attached hydrogen (secondary N) is 1. The number of rotatable bonds is 9. The molecule has 0 bridgehead atoms. The molecule has 10 heteroatoms. The van der Waals surface area contributed by atoms with E-state index >= 15 is 0 Å². The summed E-state index contributed by atoms with van der Waals surface area (Å²) in [6, 6.07) is 11.2. The van der Waals surface area contributed by atoms with Gasteiger partial charge in [0.15, 0.2) is 5.13 Å². The summed E-state index contributed by atoms with van der Waals surface area (Å²) in [6.45, 7) is 4.19. The summed E-state index contributed by atoms with van der Waals surface area (Å²) in [5.74, 6) is 2.62. The van der Waals surface area contributed by atoms with Crippen LogP contribution in [0.3, 0.4) is 0 Å². The molecule has 222 valence electrons. The Labute approximate surface area is 255 Å². The molecule has 2 amide bonds. The maximum Gasteiger partial charge on any atom is 0.257 e. The van der Waals surface area contributed by atoms with Gasteiger partial charge in [0.2, 0.25) is 0 Å². The van der Waals surface area contributed by atoms with Gasteiger partial charge in [0.1, 0.15) is 17.6 Å². The van der Waals surface area contributed by atoms with Crippen molar-refractivity contribution in [1.82, 2.24) is 9.88 Å². The highest BCUT2D eigenvalue weighted by Gasteiger charge is 2.39. The Balaban J connectivity index is 1.07. The average molecular weight is 608 g/mol. The zero-order valence-electron chi connectivity index (χ0n) is 24.1. The lowest BCUT2D eigenvalue weighted by atomic mass is 9.72. The molecular weight excluding hydrogens is 571 g/mol. The van der Waals surface area contributed by atoms with E-state index in [1.54, 1.807) is 18.2 Å². The Morgan fingerprint density at radius 2 is 1.83 bits per heavy atom. The highest BCUT2D eigenvalue weighted by atomic mass is 32.2. The zero-order chi connectivity index (χ0) is 29.1. The first-order valence-corrected chi connectivity index (χ1v) is 16.4. The third-order valence-corrected chi connectivity index (χ3v) is 10.8. The monoisotopic (exact) mass is 607 g/mol. The SMILES string of the molecule is COc1cc(C)c(Sc2cnc(NC(=O)c3ccc(OC4CCC4C4CCCC4)cc3)s2)cc1C(=O)N1CCOCC1. The number of amides is 2. The van der Waals surface area contributed by atoms with Crippen LogP contribution in [0.4, 0.5) is 5.13 Å². The smallest absolute Gasteiger partial charge is 0.257 e. The van der Waals surface area contributed by atoms with Crippen LogP contribution in [-0.2, 0) is 4.74 Å². The first-order valence-electron chi connectivity index (χ1n) is 14.8. The van der Waals surface area contributed by atoms with E-state index < -0.39 is 0 Å². The average Bonchev–Trinajstić information content (AvgIpc) is 3.69. The van der Waals surface area contributed by atoms with Crippen LogP contribution in [0.1, 0.15) is 64.8 Å². The fourth-order valence-corrected chi connectivity index (χ4v) is 8.05. The topological polar surface area (TPSA) is 90.0 Å². The first kappa shape index (κ1) is 29.0. The van der Waals surface area contributed by atoms with Gasteiger partial charge in [-0.05, 0) is 73.6 Å². The Hall–Kier alpha value is -3.08. The van der Waals surface area contributed by atoms with Crippen molar-refractivity contribution in [3.05, 3.63) is 59.3 Å². The van der Waals surface area contributed by atoms with Crippen molar-refractivity contribution in [1.29, 1.82) is 0 Å². The van der Waals surface area contributed by atoms with Crippen molar-refractivity contribution in [3.8, 4) is 11.5 Å². The van der Waals surface area contributed by atoms with E-state index in [1.165, 1.54) is 55.2 Å². The molecule has 1 aromatic heterocycles. The first-order chi connectivity index (χ1) is 20.5. The molecule has 42 heavy (non-hydrogen) atoms. The van der Waals surface area contributed by atoms with E-state index in [-0.39, 0.29) is 11.8 Å². The summed E-state index contributed by atoms with van der Waals surface area (Å²) in [4.78, 5) is 33.3. The number of morpholine rings is 1. The second kappa shape index (κ2) is 13.1. The third-order valence-electron chi connectivity index (χ3n) is 8.61. The van der Waals surface area contributed by atoms with E-state index in [4.69, 9.17) is 14.2 Å². The summed E-state index contributed by atoms with van der Waals surface area (Å²) in [6.07, 6.45) is 9.85. The maximum atomic E-state index is 13.2. The van der Waals surface area contributed by atoms with Crippen molar-refractivity contribution in [2.45, 2.75) is 60.7 Å². The molecule has 2 saturated carbocycles. The molecule has 3 fully saturated rings. The molecule has 0 radical (unpaired) electrons. The van der Waals surface area contributed by atoms with Crippen LogP contribution < -0.4 is 14.8 Å². The van der Waals surface area contributed by atoms with Crippen LogP contribution in [0.15, 0.2) is 51.7 Å². The van der Waals surface area contributed by atoms with Crippen molar-refractivity contribution in [2.24, 2.45) is 11.8 Å². The highest BCUT2D eigenvalue weighted by molar-refractivity contribution is 8.01. The molecule has 2 unspecified atom stereocenters. The molecule has 1 N–H and O–H groups in total.